The van der Waals surface area contributed by atoms with Crippen LogP contribution in [-0.4, -0.2) is 28.1 Å². The van der Waals surface area contributed by atoms with Gasteiger partial charge in [-0.2, -0.15) is 5.26 Å². The molecule has 0 heterocycles. The number of halogens is 1. The maximum absolute atomic E-state index is 12.5. The average Bonchev–Trinajstić information content (AvgIpc) is 2.82. The fourth-order valence-electron chi connectivity index (χ4n) is 2.87. The minimum atomic E-state index is -1.13. The fraction of sp³-hybridized carbons (Fsp3) is 0.0400. The minimum Gasteiger partial charge on any atom is -0.488 e. The molecule has 0 aliphatic rings. The summed E-state index contributed by atoms with van der Waals surface area (Å²) >= 11 is 3.40. The van der Waals surface area contributed by atoms with E-state index >= 15 is 0 Å². The summed E-state index contributed by atoms with van der Waals surface area (Å²) in [5.41, 5.74) is 1.64. The van der Waals surface area contributed by atoms with Crippen LogP contribution in [-0.2, 0) is 11.4 Å². The number of amides is 1. The molecule has 170 valence electrons. The van der Waals surface area contributed by atoms with Crippen molar-refractivity contribution in [2.24, 2.45) is 0 Å². The van der Waals surface area contributed by atoms with Crippen LogP contribution < -0.4 is 10.1 Å². The van der Waals surface area contributed by atoms with E-state index in [1.807, 2.05) is 6.07 Å². The van der Waals surface area contributed by atoms with Gasteiger partial charge in [-0.25, -0.2) is 9.59 Å². The zero-order chi connectivity index (χ0) is 24.7. The Labute approximate surface area is 202 Å². The second kappa shape index (κ2) is 10.9. The number of hydrogen-bond acceptors (Lipinski definition) is 5. The Morgan fingerprint density at radius 3 is 2.29 bits per heavy atom. The molecular formula is C25H17BrN2O6. The van der Waals surface area contributed by atoms with Crippen molar-refractivity contribution in [2.45, 2.75) is 6.61 Å². The van der Waals surface area contributed by atoms with Crippen molar-refractivity contribution >= 4 is 45.5 Å². The normalized spacial score (nSPS) is 10.8. The van der Waals surface area contributed by atoms with Gasteiger partial charge in [-0.05, 0) is 75.6 Å². The van der Waals surface area contributed by atoms with E-state index in [4.69, 9.17) is 14.9 Å². The number of carboxylic acid groups (broad SMARTS) is 2. The quantitative estimate of drug-likeness (QED) is 0.281. The van der Waals surface area contributed by atoms with Crippen LogP contribution >= 0.6 is 15.9 Å². The Hall–Kier alpha value is -4.42. The standard InChI is InChI=1S/C25H17BrN2O6/c26-21-11-16(6-9-22(21)34-14-15-4-7-17(8-5-15)24(30)31)10-19(13-27)23(29)28-20-3-1-2-18(12-20)25(32)33/h1-12H,14H2,(H,28,29)(H,30,31)(H,32,33)/b19-10-. The second-order valence-corrected chi connectivity index (χ2v) is 7.84. The van der Waals surface area contributed by atoms with Gasteiger partial charge in [0.2, 0.25) is 0 Å². The third-order valence-corrected chi connectivity index (χ3v) is 5.21. The van der Waals surface area contributed by atoms with E-state index in [1.54, 1.807) is 30.3 Å². The molecule has 0 fully saturated rings. The largest absolute Gasteiger partial charge is 0.488 e. The van der Waals surface area contributed by atoms with Gasteiger partial charge in [0.1, 0.15) is 24.0 Å². The summed E-state index contributed by atoms with van der Waals surface area (Å²) in [6.07, 6.45) is 1.40. The molecular weight excluding hydrogens is 504 g/mol. The van der Waals surface area contributed by atoms with Crippen LogP contribution in [0.4, 0.5) is 5.69 Å². The number of benzene rings is 3. The van der Waals surface area contributed by atoms with E-state index in [-0.39, 0.29) is 29.0 Å². The third-order valence-electron chi connectivity index (χ3n) is 4.59. The Bertz CT molecular complexity index is 1330. The third kappa shape index (κ3) is 6.31. The van der Waals surface area contributed by atoms with Crippen molar-refractivity contribution in [1.29, 1.82) is 5.26 Å². The van der Waals surface area contributed by atoms with Gasteiger partial charge in [0.25, 0.3) is 5.91 Å². The van der Waals surface area contributed by atoms with E-state index in [1.165, 1.54) is 42.5 Å². The Kier molecular flexibility index (Phi) is 7.79. The molecule has 34 heavy (non-hydrogen) atoms. The summed E-state index contributed by atoms with van der Waals surface area (Å²) in [6, 6.07) is 18.9. The van der Waals surface area contributed by atoms with Crippen LogP contribution in [0.3, 0.4) is 0 Å². The topological polar surface area (TPSA) is 137 Å². The number of carboxylic acids is 2. The molecule has 0 atom stereocenters. The highest BCUT2D eigenvalue weighted by atomic mass is 79.9. The van der Waals surface area contributed by atoms with Crippen LogP contribution in [0.1, 0.15) is 31.8 Å². The molecule has 3 N–H and O–H groups in total. The molecule has 0 radical (unpaired) electrons. The molecule has 3 aromatic rings. The summed E-state index contributed by atoms with van der Waals surface area (Å²) < 4.78 is 6.35. The van der Waals surface area contributed by atoms with Gasteiger partial charge >= 0.3 is 11.9 Å². The monoisotopic (exact) mass is 520 g/mol. The van der Waals surface area contributed by atoms with Crippen LogP contribution in [0.15, 0.2) is 76.8 Å². The lowest BCUT2D eigenvalue weighted by Crippen LogP contribution is -2.13. The van der Waals surface area contributed by atoms with E-state index in [0.717, 1.165) is 5.56 Å². The van der Waals surface area contributed by atoms with Crippen LogP contribution in [0.5, 0.6) is 5.75 Å². The first-order chi connectivity index (χ1) is 16.3. The van der Waals surface area contributed by atoms with Crippen molar-refractivity contribution < 1.29 is 29.3 Å². The first-order valence-corrected chi connectivity index (χ1v) is 10.6. The van der Waals surface area contributed by atoms with Gasteiger partial charge in [-0.3, -0.25) is 4.79 Å². The van der Waals surface area contributed by atoms with Crippen LogP contribution in [0.25, 0.3) is 6.08 Å². The van der Waals surface area contributed by atoms with Crippen molar-refractivity contribution in [1.82, 2.24) is 0 Å². The van der Waals surface area contributed by atoms with Crippen molar-refractivity contribution in [2.75, 3.05) is 5.32 Å². The van der Waals surface area contributed by atoms with E-state index < -0.39 is 17.8 Å². The van der Waals surface area contributed by atoms with Gasteiger partial charge in [-0.1, -0.05) is 24.3 Å². The summed E-state index contributed by atoms with van der Waals surface area (Å²) in [6.45, 7) is 0.217. The lowest BCUT2D eigenvalue weighted by molar-refractivity contribution is -0.112. The molecule has 0 aromatic heterocycles. The molecule has 3 rings (SSSR count). The molecule has 1 amide bonds. The van der Waals surface area contributed by atoms with Gasteiger partial charge < -0.3 is 20.3 Å². The first-order valence-electron chi connectivity index (χ1n) is 9.78. The zero-order valence-corrected chi connectivity index (χ0v) is 19.1. The van der Waals surface area contributed by atoms with Crippen molar-refractivity contribution in [3.8, 4) is 11.8 Å². The summed E-state index contributed by atoms with van der Waals surface area (Å²) in [4.78, 5) is 34.5. The Morgan fingerprint density at radius 2 is 1.68 bits per heavy atom. The predicted molar refractivity (Wildman–Crippen MR) is 127 cm³/mol. The maximum Gasteiger partial charge on any atom is 0.335 e. The number of hydrogen-bond donors (Lipinski definition) is 3. The SMILES string of the molecule is N#C/C(=C/c1ccc(OCc2ccc(C(=O)O)cc2)c(Br)c1)C(=O)Nc1cccc(C(=O)O)c1. The number of carbonyl (C=O) groups is 3. The molecule has 0 saturated heterocycles. The molecule has 0 spiro atoms. The number of nitriles is 1. The number of rotatable bonds is 8. The molecule has 0 aliphatic carbocycles. The first kappa shape index (κ1) is 24.2. The van der Waals surface area contributed by atoms with Crippen molar-refractivity contribution in [3.05, 3.63) is 99.0 Å². The van der Waals surface area contributed by atoms with E-state index in [9.17, 15) is 19.6 Å². The minimum absolute atomic E-state index is 0.0117. The maximum atomic E-state index is 12.5. The number of aromatic carboxylic acids is 2. The lowest BCUT2D eigenvalue weighted by atomic mass is 10.1. The highest BCUT2D eigenvalue weighted by Crippen LogP contribution is 2.28. The van der Waals surface area contributed by atoms with E-state index in [2.05, 4.69) is 21.2 Å². The van der Waals surface area contributed by atoms with Crippen LogP contribution in [0, 0.1) is 11.3 Å². The number of nitrogens with one attached hydrogen (secondary N) is 1. The predicted octanol–water partition coefficient (Wildman–Crippen LogP) is 4.97. The molecule has 0 bridgehead atoms. The molecule has 8 nitrogen and oxygen atoms in total. The fourth-order valence-corrected chi connectivity index (χ4v) is 3.38. The van der Waals surface area contributed by atoms with E-state index in [0.29, 0.717) is 15.8 Å². The molecule has 0 unspecified atom stereocenters. The smallest absolute Gasteiger partial charge is 0.335 e. The highest BCUT2D eigenvalue weighted by Gasteiger charge is 2.12. The number of ether oxygens (including phenoxy) is 1. The highest BCUT2D eigenvalue weighted by molar-refractivity contribution is 9.10. The Balaban J connectivity index is 1.69. The molecule has 3 aromatic carbocycles. The summed E-state index contributed by atoms with van der Waals surface area (Å²) in [5.74, 6) is -2.28. The lowest BCUT2D eigenvalue weighted by Gasteiger charge is -2.10. The van der Waals surface area contributed by atoms with Gasteiger partial charge in [0.15, 0.2) is 0 Å². The molecule has 9 heteroatoms. The van der Waals surface area contributed by atoms with Gasteiger partial charge in [0.05, 0.1) is 15.6 Å². The Morgan fingerprint density at radius 1 is 0.971 bits per heavy atom. The van der Waals surface area contributed by atoms with Gasteiger partial charge in [0, 0.05) is 5.69 Å². The second-order valence-electron chi connectivity index (χ2n) is 6.99. The average molecular weight is 521 g/mol. The molecule has 0 aliphatic heterocycles. The summed E-state index contributed by atoms with van der Waals surface area (Å²) in [7, 11) is 0. The summed E-state index contributed by atoms with van der Waals surface area (Å²) in [5, 5.41) is 30.0. The van der Waals surface area contributed by atoms with Gasteiger partial charge in [-0.15, -0.1) is 0 Å². The van der Waals surface area contributed by atoms with Crippen molar-refractivity contribution in [3.63, 3.8) is 0 Å². The zero-order valence-electron chi connectivity index (χ0n) is 17.5. The number of carbonyl (C=O) groups excluding carboxylic acids is 1. The molecule has 0 saturated carbocycles. The number of nitrogens with zero attached hydrogens (tertiary/aromatic N) is 1. The van der Waals surface area contributed by atoms with Crippen LogP contribution in [0.2, 0.25) is 0 Å². The number of anilines is 1.